The van der Waals surface area contributed by atoms with Gasteiger partial charge in [-0.15, -0.1) is 16.8 Å². The van der Waals surface area contributed by atoms with E-state index in [2.05, 4.69) is 35.0 Å². The molecule has 0 aliphatic heterocycles. The number of benzene rings is 3. The first kappa shape index (κ1) is 26.7. The third-order valence-electron chi connectivity index (χ3n) is 6.92. The lowest BCUT2D eigenvalue weighted by molar-refractivity contribution is 0.503. The summed E-state index contributed by atoms with van der Waals surface area (Å²) in [5, 5.41) is 22.9. The molecule has 2 heterocycles. The van der Waals surface area contributed by atoms with Crippen LogP contribution in [0.2, 0.25) is 0 Å². The van der Waals surface area contributed by atoms with Crippen molar-refractivity contribution in [3.8, 4) is 28.6 Å². The maximum Gasteiger partial charge on any atom is 0.261 e. The fraction of sp³-hybridized carbons (Fsp3) is 0.250. The zero-order chi connectivity index (χ0) is 27.9. The van der Waals surface area contributed by atoms with E-state index in [1.54, 1.807) is 9.36 Å². The van der Waals surface area contributed by atoms with Crippen molar-refractivity contribution in [1.82, 2.24) is 29.8 Å². The minimum Gasteiger partial charge on any atom is -0.292 e. The molecule has 5 rings (SSSR count). The number of hydrogen-bond acceptors (Lipinski definition) is 6. The Morgan fingerprint density at radius 2 is 1.82 bits per heavy atom. The van der Waals surface area contributed by atoms with Crippen LogP contribution in [0.5, 0.6) is 0 Å². The lowest BCUT2D eigenvalue weighted by atomic mass is 9.99. The van der Waals surface area contributed by atoms with Gasteiger partial charge in [-0.3, -0.25) is 9.36 Å². The quantitative estimate of drug-likeness (QED) is 0.155. The van der Waals surface area contributed by atoms with Gasteiger partial charge in [0.2, 0.25) is 5.82 Å². The summed E-state index contributed by atoms with van der Waals surface area (Å²) < 4.78 is 1.78. The summed E-state index contributed by atoms with van der Waals surface area (Å²) in [6, 6.07) is 23.4. The van der Waals surface area contributed by atoms with Gasteiger partial charge in [0, 0.05) is 12.0 Å². The molecule has 2 aromatic heterocycles. The lowest BCUT2D eigenvalue weighted by Crippen LogP contribution is -2.26. The molecule has 0 saturated carbocycles. The second-order valence-electron chi connectivity index (χ2n) is 9.75. The van der Waals surface area contributed by atoms with Gasteiger partial charge < -0.3 is 0 Å². The summed E-state index contributed by atoms with van der Waals surface area (Å²) in [6.45, 7) is 6.94. The molecule has 0 unspecified atom stereocenters. The van der Waals surface area contributed by atoms with Gasteiger partial charge in [-0.05, 0) is 65.4 Å². The van der Waals surface area contributed by atoms with Crippen LogP contribution in [0.25, 0.3) is 33.4 Å². The average molecular weight is 530 g/mol. The molecule has 0 N–H and O–H groups in total. The number of aromatic nitrogens is 6. The summed E-state index contributed by atoms with van der Waals surface area (Å²) >= 11 is 0. The minimum absolute atomic E-state index is 0.0877. The van der Waals surface area contributed by atoms with Crippen LogP contribution in [0.3, 0.4) is 0 Å². The molecule has 0 aliphatic rings. The van der Waals surface area contributed by atoms with E-state index in [1.165, 1.54) is 0 Å². The third-order valence-corrected chi connectivity index (χ3v) is 6.92. The molecule has 200 valence electrons. The van der Waals surface area contributed by atoms with Crippen LogP contribution in [-0.2, 0) is 19.5 Å². The Morgan fingerprint density at radius 3 is 2.60 bits per heavy atom. The second kappa shape index (κ2) is 12.3. The van der Waals surface area contributed by atoms with Crippen molar-refractivity contribution in [2.45, 2.75) is 52.1 Å². The fourth-order valence-electron chi connectivity index (χ4n) is 4.73. The zero-order valence-electron chi connectivity index (χ0n) is 22.6. The highest BCUT2D eigenvalue weighted by Crippen LogP contribution is 2.24. The predicted molar refractivity (Wildman–Crippen MR) is 157 cm³/mol. The van der Waals surface area contributed by atoms with E-state index in [9.17, 15) is 10.1 Å². The van der Waals surface area contributed by atoms with E-state index < -0.39 is 0 Å². The molecule has 5 aromatic rings. The van der Waals surface area contributed by atoms with Crippen LogP contribution in [0.15, 0.2) is 84.2 Å². The Morgan fingerprint density at radius 1 is 1.02 bits per heavy atom. The standard InChI is InChI=1S/C32H31N7O/c1-3-5-9-19-39-36-31(35-37-39)25-17-18-29-28(20-25)32(40)38(30(34-29)12-6-4-2)22-23-13-15-24(16-14-23)27-11-8-7-10-26(27)21-33/h3,7-8,10-11,13-18,20H,1,4-6,9,12,19,22H2,2H3. The third kappa shape index (κ3) is 5.74. The average Bonchev–Trinajstić information content (AvgIpc) is 3.47. The Hall–Kier alpha value is -4.90. The monoisotopic (exact) mass is 529 g/mol. The number of allylic oxidation sites excluding steroid dienone is 1. The second-order valence-corrected chi connectivity index (χ2v) is 9.75. The van der Waals surface area contributed by atoms with Crippen molar-refractivity contribution >= 4 is 10.9 Å². The van der Waals surface area contributed by atoms with E-state index in [1.807, 2.05) is 72.8 Å². The van der Waals surface area contributed by atoms with Crippen molar-refractivity contribution in [3.05, 3.63) is 107 Å². The highest BCUT2D eigenvalue weighted by Gasteiger charge is 2.15. The van der Waals surface area contributed by atoms with E-state index in [4.69, 9.17) is 4.98 Å². The molecule has 0 radical (unpaired) electrons. The zero-order valence-corrected chi connectivity index (χ0v) is 22.6. The van der Waals surface area contributed by atoms with Crippen LogP contribution < -0.4 is 5.56 Å². The summed E-state index contributed by atoms with van der Waals surface area (Å²) in [6.07, 6.45) is 6.31. The van der Waals surface area contributed by atoms with Gasteiger partial charge in [-0.25, -0.2) is 4.98 Å². The topological polar surface area (TPSA) is 102 Å². The number of hydrogen-bond donors (Lipinski definition) is 0. The molecule has 0 spiro atoms. The van der Waals surface area contributed by atoms with Gasteiger partial charge in [0.1, 0.15) is 5.82 Å². The van der Waals surface area contributed by atoms with Gasteiger partial charge in [0.15, 0.2) is 0 Å². The number of tetrazole rings is 1. The molecular formula is C32H31N7O. The Balaban J connectivity index is 1.48. The molecule has 8 heteroatoms. The number of nitriles is 1. The molecular weight excluding hydrogens is 498 g/mol. The Labute approximate surface area is 233 Å². The molecule has 0 bridgehead atoms. The number of rotatable bonds is 11. The van der Waals surface area contributed by atoms with Crippen molar-refractivity contribution in [3.63, 3.8) is 0 Å². The summed E-state index contributed by atoms with van der Waals surface area (Å²) in [5.74, 6) is 1.26. The largest absolute Gasteiger partial charge is 0.292 e. The van der Waals surface area contributed by atoms with E-state index >= 15 is 0 Å². The predicted octanol–water partition coefficient (Wildman–Crippen LogP) is 5.95. The van der Waals surface area contributed by atoms with Gasteiger partial charge >= 0.3 is 0 Å². The van der Waals surface area contributed by atoms with Crippen molar-refractivity contribution < 1.29 is 0 Å². The normalized spacial score (nSPS) is 11.0. The maximum atomic E-state index is 13.9. The molecule has 0 amide bonds. The van der Waals surface area contributed by atoms with Crippen LogP contribution in [0.4, 0.5) is 0 Å². The Bertz CT molecular complexity index is 1740. The van der Waals surface area contributed by atoms with Crippen molar-refractivity contribution in [2.24, 2.45) is 0 Å². The smallest absolute Gasteiger partial charge is 0.261 e. The first-order chi connectivity index (χ1) is 19.6. The van der Waals surface area contributed by atoms with Gasteiger partial charge in [-0.2, -0.15) is 10.1 Å². The fourth-order valence-corrected chi connectivity index (χ4v) is 4.73. The minimum atomic E-state index is -0.0877. The highest BCUT2D eigenvalue weighted by molar-refractivity contribution is 5.82. The first-order valence-electron chi connectivity index (χ1n) is 13.6. The van der Waals surface area contributed by atoms with Gasteiger partial charge in [0.05, 0.1) is 35.6 Å². The molecule has 0 fully saturated rings. The summed E-state index contributed by atoms with van der Waals surface area (Å²) in [5.41, 5.74) is 4.78. The number of nitrogens with zero attached hydrogens (tertiary/aromatic N) is 7. The lowest BCUT2D eigenvalue weighted by Gasteiger charge is -2.14. The number of unbranched alkanes of at least 4 members (excludes halogenated alkanes) is 2. The van der Waals surface area contributed by atoms with Crippen LogP contribution in [0, 0.1) is 11.3 Å². The van der Waals surface area contributed by atoms with Crippen LogP contribution >= 0.6 is 0 Å². The maximum absolute atomic E-state index is 13.9. The first-order valence-corrected chi connectivity index (χ1v) is 13.6. The molecule has 0 saturated heterocycles. The van der Waals surface area contributed by atoms with E-state index in [0.29, 0.717) is 35.4 Å². The molecule has 40 heavy (non-hydrogen) atoms. The number of fused-ring (bicyclic) bond motifs is 1. The van der Waals surface area contributed by atoms with E-state index in [0.717, 1.165) is 60.2 Å². The summed E-state index contributed by atoms with van der Waals surface area (Å²) in [4.78, 5) is 20.3. The Kier molecular flexibility index (Phi) is 8.21. The van der Waals surface area contributed by atoms with E-state index in [-0.39, 0.29) is 5.56 Å². The highest BCUT2D eigenvalue weighted by atomic mass is 16.1. The van der Waals surface area contributed by atoms with Gasteiger partial charge in [0.25, 0.3) is 5.56 Å². The van der Waals surface area contributed by atoms with Crippen LogP contribution in [-0.4, -0.2) is 29.8 Å². The van der Waals surface area contributed by atoms with Crippen molar-refractivity contribution in [2.75, 3.05) is 0 Å². The van der Waals surface area contributed by atoms with Crippen molar-refractivity contribution in [1.29, 1.82) is 5.26 Å². The molecule has 3 aromatic carbocycles. The molecule has 8 nitrogen and oxygen atoms in total. The summed E-state index contributed by atoms with van der Waals surface area (Å²) in [7, 11) is 0. The van der Waals surface area contributed by atoms with Crippen LogP contribution in [0.1, 0.15) is 49.6 Å². The SMILES string of the molecule is C=CCCCn1nnc(-c2ccc3nc(CCCC)n(Cc4ccc(-c5ccccc5C#N)cc4)c(=O)c3c2)n1. The number of aryl methyl sites for hydroxylation is 2. The molecule has 0 atom stereocenters. The molecule has 0 aliphatic carbocycles. The van der Waals surface area contributed by atoms with Gasteiger partial charge in [-0.1, -0.05) is 61.9 Å².